The number of hydrogen-bond acceptors (Lipinski definition) is 3. The van der Waals surface area contributed by atoms with E-state index in [0.717, 1.165) is 0 Å². The van der Waals surface area contributed by atoms with Crippen molar-refractivity contribution in [1.29, 1.82) is 0 Å². The molecule has 0 aliphatic rings. The minimum Gasteiger partial charge on any atom is -0.484 e. The lowest BCUT2D eigenvalue weighted by atomic mass is 10.2. The molecular formula is C9H8ClNO3. The van der Waals surface area contributed by atoms with Crippen molar-refractivity contribution in [1.82, 2.24) is 0 Å². The zero-order valence-corrected chi connectivity index (χ0v) is 7.95. The zero-order chi connectivity index (χ0) is 10.6. The summed E-state index contributed by atoms with van der Waals surface area (Å²) in [5, 5.41) is -0.536. The van der Waals surface area contributed by atoms with Crippen LogP contribution in [0.3, 0.4) is 0 Å². The van der Waals surface area contributed by atoms with Gasteiger partial charge in [0.25, 0.3) is 11.1 Å². The van der Waals surface area contributed by atoms with Gasteiger partial charge in [-0.25, -0.2) is 0 Å². The van der Waals surface area contributed by atoms with Crippen LogP contribution in [-0.2, 0) is 4.79 Å². The van der Waals surface area contributed by atoms with Gasteiger partial charge in [-0.3, -0.25) is 9.59 Å². The van der Waals surface area contributed by atoms with E-state index in [1.807, 2.05) is 0 Å². The quantitative estimate of drug-likeness (QED) is 0.757. The van der Waals surface area contributed by atoms with Gasteiger partial charge in [-0.2, -0.15) is 0 Å². The number of carbonyl (C=O) groups is 2. The summed E-state index contributed by atoms with van der Waals surface area (Å²) in [6, 6.07) is 6.09. The third-order valence-electron chi connectivity index (χ3n) is 1.46. The van der Waals surface area contributed by atoms with E-state index in [1.165, 1.54) is 12.1 Å². The normalized spacial score (nSPS) is 9.50. The number of amides is 1. The van der Waals surface area contributed by atoms with Crippen molar-refractivity contribution in [2.24, 2.45) is 5.73 Å². The molecule has 0 atom stereocenters. The molecule has 5 heteroatoms. The van der Waals surface area contributed by atoms with Crippen molar-refractivity contribution >= 4 is 22.8 Å². The van der Waals surface area contributed by atoms with Gasteiger partial charge in [0.05, 0.1) is 0 Å². The molecule has 0 spiro atoms. The van der Waals surface area contributed by atoms with Gasteiger partial charge in [0.15, 0.2) is 6.61 Å². The molecule has 0 aliphatic carbocycles. The molecule has 0 heterocycles. The molecule has 14 heavy (non-hydrogen) atoms. The van der Waals surface area contributed by atoms with Crippen LogP contribution in [0.2, 0.25) is 0 Å². The van der Waals surface area contributed by atoms with Crippen LogP contribution in [0.4, 0.5) is 0 Å². The Morgan fingerprint density at radius 3 is 2.29 bits per heavy atom. The number of hydrogen-bond donors (Lipinski definition) is 1. The molecule has 0 radical (unpaired) electrons. The summed E-state index contributed by atoms with van der Waals surface area (Å²) in [7, 11) is 0. The summed E-state index contributed by atoms with van der Waals surface area (Å²) in [5.74, 6) is -0.0898. The molecule has 74 valence electrons. The highest BCUT2D eigenvalue weighted by molar-refractivity contribution is 6.67. The van der Waals surface area contributed by atoms with E-state index in [9.17, 15) is 9.59 Å². The number of nitrogens with two attached hydrogens (primary N) is 1. The number of benzene rings is 1. The largest absolute Gasteiger partial charge is 0.484 e. The Bertz CT molecular complexity index is 348. The lowest BCUT2D eigenvalue weighted by molar-refractivity contribution is -0.119. The fraction of sp³-hybridized carbons (Fsp3) is 0.111. The number of ether oxygens (including phenoxy) is 1. The van der Waals surface area contributed by atoms with Crippen molar-refractivity contribution in [2.75, 3.05) is 6.61 Å². The van der Waals surface area contributed by atoms with Crippen LogP contribution >= 0.6 is 11.6 Å². The van der Waals surface area contributed by atoms with E-state index >= 15 is 0 Å². The maximum atomic E-state index is 10.7. The van der Waals surface area contributed by atoms with E-state index < -0.39 is 11.1 Å². The van der Waals surface area contributed by atoms with Gasteiger partial charge >= 0.3 is 0 Å². The number of halogens is 1. The van der Waals surface area contributed by atoms with Crippen molar-refractivity contribution in [3.8, 4) is 5.75 Å². The van der Waals surface area contributed by atoms with Crippen LogP contribution in [0.1, 0.15) is 10.4 Å². The first-order valence-electron chi connectivity index (χ1n) is 3.80. The Labute approximate surface area is 85.6 Å². The molecule has 1 amide bonds. The van der Waals surface area contributed by atoms with Crippen LogP contribution in [0.15, 0.2) is 24.3 Å². The Balaban J connectivity index is 2.64. The fourth-order valence-electron chi connectivity index (χ4n) is 0.837. The minimum atomic E-state index is -0.553. The van der Waals surface area contributed by atoms with E-state index in [4.69, 9.17) is 22.1 Å². The molecule has 4 nitrogen and oxygen atoms in total. The summed E-state index contributed by atoms with van der Waals surface area (Å²) in [6.45, 7) is -0.186. The van der Waals surface area contributed by atoms with E-state index in [0.29, 0.717) is 11.3 Å². The predicted molar refractivity (Wildman–Crippen MR) is 51.3 cm³/mol. The summed E-state index contributed by atoms with van der Waals surface area (Å²) >= 11 is 5.23. The predicted octanol–water partition coefficient (Wildman–Crippen LogP) is 0.930. The Kier molecular flexibility index (Phi) is 3.48. The van der Waals surface area contributed by atoms with Gasteiger partial charge in [0.1, 0.15) is 5.75 Å². The van der Waals surface area contributed by atoms with Crippen LogP contribution < -0.4 is 10.5 Å². The van der Waals surface area contributed by atoms with E-state index in [-0.39, 0.29) is 6.61 Å². The van der Waals surface area contributed by atoms with Crippen LogP contribution in [0.25, 0.3) is 0 Å². The molecule has 0 bridgehead atoms. The molecular weight excluding hydrogens is 206 g/mol. The second-order valence-electron chi connectivity index (χ2n) is 2.55. The van der Waals surface area contributed by atoms with Gasteiger partial charge in [0, 0.05) is 5.56 Å². The molecule has 0 saturated carbocycles. The second kappa shape index (κ2) is 4.62. The van der Waals surface area contributed by atoms with Crippen molar-refractivity contribution < 1.29 is 14.3 Å². The van der Waals surface area contributed by atoms with Crippen molar-refractivity contribution in [2.45, 2.75) is 0 Å². The maximum Gasteiger partial charge on any atom is 0.255 e. The maximum absolute atomic E-state index is 10.7. The number of primary amides is 1. The lowest BCUT2D eigenvalue weighted by Gasteiger charge is -2.02. The second-order valence-corrected chi connectivity index (χ2v) is 2.90. The summed E-state index contributed by atoms with van der Waals surface area (Å²) in [5.41, 5.74) is 5.25. The average Bonchev–Trinajstić information content (AvgIpc) is 2.15. The molecule has 0 aliphatic heterocycles. The first-order chi connectivity index (χ1) is 6.59. The first kappa shape index (κ1) is 10.5. The van der Waals surface area contributed by atoms with Crippen LogP contribution in [-0.4, -0.2) is 17.8 Å². The Morgan fingerprint density at radius 2 is 1.86 bits per heavy atom. The summed E-state index contributed by atoms with van der Waals surface area (Å²) in [4.78, 5) is 21.0. The highest BCUT2D eigenvalue weighted by Gasteiger charge is 2.02. The molecule has 2 N–H and O–H groups in total. The lowest BCUT2D eigenvalue weighted by Crippen LogP contribution is -2.19. The fourth-order valence-corrected chi connectivity index (χ4v) is 0.963. The molecule has 0 unspecified atom stereocenters. The Morgan fingerprint density at radius 1 is 1.29 bits per heavy atom. The highest BCUT2D eigenvalue weighted by Crippen LogP contribution is 2.13. The standard InChI is InChI=1S/C9H8ClNO3/c10-9(13)6-1-3-7(4-2-6)14-5-8(11)12/h1-4H,5H2,(H2,11,12). The minimum absolute atomic E-state index is 0.186. The highest BCUT2D eigenvalue weighted by atomic mass is 35.5. The zero-order valence-electron chi connectivity index (χ0n) is 7.20. The summed E-state index contributed by atoms with van der Waals surface area (Å²) in [6.07, 6.45) is 0. The Hall–Kier alpha value is -1.55. The third kappa shape index (κ3) is 3.06. The third-order valence-corrected chi connectivity index (χ3v) is 1.68. The molecule has 0 aromatic heterocycles. The first-order valence-corrected chi connectivity index (χ1v) is 4.18. The van der Waals surface area contributed by atoms with Crippen LogP contribution in [0, 0.1) is 0 Å². The number of carbonyl (C=O) groups excluding carboxylic acids is 2. The molecule has 0 saturated heterocycles. The SMILES string of the molecule is NC(=O)COc1ccc(C(=O)Cl)cc1. The van der Waals surface area contributed by atoms with Gasteiger partial charge in [-0.15, -0.1) is 0 Å². The summed E-state index contributed by atoms with van der Waals surface area (Å²) < 4.78 is 4.97. The molecule has 1 aromatic carbocycles. The van der Waals surface area contributed by atoms with E-state index in [2.05, 4.69) is 0 Å². The smallest absolute Gasteiger partial charge is 0.255 e. The van der Waals surface area contributed by atoms with Gasteiger partial charge in [0.2, 0.25) is 0 Å². The van der Waals surface area contributed by atoms with Crippen molar-refractivity contribution in [3.63, 3.8) is 0 Å². The molecule has 0 fully saturated rings. The van der Waals surface area contributed by atoms with Gasteiger partial charge in [-0.1, -0.05) is 0 Å². The number of rotatable bonds is 4. The topological polar surface area (TPSA) is 69.4 Å². The molecule has 1 aromatic rings. The van der Waals surface area contributed by atoms with Gasteiger partial charge < -0.3 is 10.5 Å². The average molecular weight is 214 g/mol. The molecule has 1 rings (SSSR count). The van der Waals surface area contributed by atoms with Crippen molar-refractivity contribution in [3.05, 3.63) is 29.8 Å². The van der Waals surface area contributed by atoms with E-state index in [1.54, 1.807) is 12.1 Å². The monoisotopic (exact) mass is 213 g/mol. The van der Waals surface area contributed by atoms with Gasteiger partial charge in [-0.05, 0) is 35.9 Å². The van der Waals surface area contributed by atoms with Crippen LogP contribution in [0.5, 0.6) is 5.75 Å².